The summed E-state index contributed by atoms with van der Waals surface area (Å²) >= 11 is 0. The maximum absolute atomic E-state index is 13.5. The molecule has 3 aromatic rings. The molecule has 0 radical (unpaired) electrons. The molecule has 1 heterocycles. The third-order valence-corrected chi connectivity index (χ3v) is 3.60. The Labute approximate surface area is 122 Å². The maximum atomic E-state index is 13.5. The van der Waals surface area contributed by atoms with Crippen molar-refractivity contribution in [3.63, 3.8) is 0 Å². The van der Waals surface area contributed by atoms with E-state index >= 15 is 0 Å². The number of halogens is 1. The minimum Gasteiger partial charge on any atom is -0.382 e. The third-order valence-electron chi connectivity index (χ3n) is 3.60. The Morgan fingerprint density at radius 2 is 1.81 bits per heavy atom. The van der Waals surface area contributed by atoms with Crippen molar-refractivity contribution in [3.05, 3.63) is 76.7 Å². The van der Waals surface area contributed by atoms with E-state index < -0.39 is 6.10 Å². The van der Waals surface area contributed by atoms with Crippen molar-refractivity contribution in [2.45, 2.75) is 20.0 Å². The Bertz CT molecular complexity index is 793. The number of aliphatic hydroxyl groups is 1. The predicted octanol–water partition coefficient (Wildman–Crippen LogP) is 4.07. The van der Waals surface area contributed by atoms with Gasteiger partial charge in [-0.05, 0) is 54.8 Å². The van der Waals surface area contributed by atoms with E-state index in [2.05, 4.69) is 4.98 Å². The molecule has 0 bridgehead atoms. The molecule has 1 N–H and O–H groups in total. The lowest BCUT2D eigenvalue weighted by Gasteiger charge is -2.14. The summed E-state index contributed by atoms with van der Waals surface area (Å²) in [5.41, 5.74) is 3.72. The summed E-state index contributed by atoms with van der Waals surface area (Å²) < 4.78 is 13.5. The second-order valence-corrected chi connectivity index (χ2v) is 5.35. The van der Waals surface area contributed by atoms with Crippen LogP contribution in [-0.4, -0.2) is 10.1 Å². The first kappa shape index (κ1) is 13.7. The number of benzene rings is 2. The summed E-state index contributed by atoms with van der Waals surface area (Å²) in [6, 6.07) is 14.2. The van der Waals surface area contributed by atoms with E-state index in [1.54, 1.807) is 13.0 Å². The van der Waals surface area contributed by atoms with Gasteiger partial charge < -0.3 is 5.11 Å². The van der Waals surface area contributed by atoms with E-state index in [4.69, 9.17) is 0 Å². The molecule has 3 rings (SSSR count). The average molecular weight is 281 g/mol. The van der Waals surface area contributed by atoms with E-state index in [1.807, 2.05) is 37.3 Å². The summed E-state index contributed by atoms with van der Waals surface area (Å²) in [7, 11) is 0. The van der Waals surface area contributed by atoms with E-state index in [-0.39, 0.29) is 5.82 Å². The molecule has 1 aromatic heterocycles. The number of nitrogens with zero attached hydrogens (tertiary/aromatic N) is 1. The molecule has 0 fully saturated rings. The summed E-state index contributed by atoms with van der Waals surface area (Å²) in [6.45, 7) is 3.79. The molecule has 1 unspecified atom stereocenters. The number of hydrogen-bond acceptors (Lipinski definition) is 2. The van der Waals surface area contributed by atoms with Crippen molar-refractivity contribution < 1.29 is 9.50 Å². The van der Waals surface area contributed by atoms with Crippen LogP contribution in [0.2, 0.25) is 0 Å². The van der Waals surface area contributed by atoms with Crippen molar-refractivity contribution in [1.82, 2.24) is 4.98 Å². The Hall–Kier alpha value is -2.26. The molecule has 0 aliphatic carbocycles. The Balaban J connectivity index is 2.11. The van der Waals surface area contributed by atoms with Gasteiger partial charge in [0.2, 0.25) is 0 Å². The van der Waals surface area contributed by atoms with Gasteiger partial charge in [-0.25, -0.2) is 9.37 Å². The number of aromatic nitrogens is 1. The van der Waals surface area contributed by atoms with Crippen LogP contribution in [0.1, 0.15) is 28.5 Å². The van der Waals surface area contributed by atoms with E-state index in [0.717, 1.165) is 22.0 Å². The summed E-state index contributed by atoms with van der Waals surface area (Å²) in [5, 5.41) is 11.6. The van der Waals surface area contributed by atoms with Gasteiger partial charge in [-0.1, -0.05) is 24.3 Å². The highest BCUT2D eigenvalue weighted by atomic mass is 19.1. The number of rotatable bonds is 2. The Morgan fingerprint density at radius 1 is 1.05 bits per heavy atom. The maximum Gasteiger partial charge on any atom is 0.123 e. The number of aliphatic hydroxyl groups excluding tert-OH is 1. The zero-order chi connectivity index (χ0) is 15.0. The van der Waals surface area contributed by atoms with Crippen LogP contribution in [0, 0.1) is 19.7 Å². The van der Waals surface area contributed by atoms with E-state index in [9.17, 15) is 9.50 Å². The molecule has 0 aliphatic heterocycles. The first-order valence-corrected chi connectivity index (χ1v) is 6.86. The van der Waals surface area contributed by atoms with Crippen LogP contribution < -0.4 is 0 Å². The van der Waals surface area contributed by atoms with Gasteiger partial charge in [0.25, 0.3) is 0 Å². The zero-order valence-electron chi connectivity index (χ0n) is 12.0. The molecule has 0 aliphatic rings. The van der Waals surface area contributed by atoms with Gasteiger partial charge in [0.15, 0.2) is 0 Å². The summed E-state index contributed by atoms with van der Waals surface area (Å²) in [5.74, 6) is -0.346. The lowest BCUT2D eigenvalue weighted by Crippen LogP contribution is -2.04. The number of pyridine rings is 1. The topological polar surface area (TPSA) is 33.1 Å². The van der Waals surface area contributed by atoms with E-state index in [1.165, 1.54) is 12.1 Å². The third kappa shape index (κ3) is 2.65. The molecule has 21 heavy (non-hydrogen) atoms. The lowest BCUT2D eigenvalue weighted by atomic mass is 10.0. The number of hydrogen-bond donors (Lipinski definition) is 1. The van der Waals surface area contributed by atoms with Crippen LogP contribution in [0.15, 0.2) is 48.5 Å². The van der Waals surface area contributed by atoms with Crippen LogP contribution in [0.4, 0.5) is 4.39 Å². The quantitative estimate of drug-likeness (QED) is 0.768. The van der Waals surface area contributed by atoms with Crippen LogP contribution in [0.3, 0.4) is 0 Å². The molecule has 0 saturated carbocycles. The molecule has 0 spiro atoms. The molecule has 3 heteroatoms. The lowest BCUT2D eigenvalue weighted by molar-refractivity contribution is 0.215. The molecular formula is C18H16FNO. The Morgan fingerprint density at radius 3 is 2.57 bits per heavy atom. The van der Waals surface area contributed by atoms with Crippen molar-refractivity contribution in [3.8, 4) is 0 Å². The molecule has 2 nitrogen and oxygen atoms in total. The van der Waals surface area contributed by atoms with Gasteiger partial charge in [0, 0.05) is 5.39 Å². The highest BCUT2D eigenvalue weighted by molar-refractivity contribution is 5.82. The van der Waals surface area contributed by atoms with Crippen molar-refractivity contribution in [1.29, 1.82) is 0 Å². The van der Waals surface area contributed by atoms with Crippen molar-refractivity contribution in [2.24, 2.45) is 0 Å². The van der Waals surface area contributed by atoms with Crippen LogP contribution in [0.25, 0.3) is 10.9 Å². The normalized spacial score (nSPS) is 12.6. The fraction of sp³-hybridized carbons (Fsp3) is 0.167. The second-order valence-electron chi connectivity index (χ2n) is 5.35. The van der Waals surface area contributed by atoms with Gasteiger partial charge in [-0.2, -0.15) is 0 Å². The summed E-state index contributed by atoms with van der Waals surface area (Å²) in [4.78, 5) is 4.50. The molecule has 1 atom stereocenters. The standard InChI is InChI=1S/C18H16FNO/c1-11-7-13(10-14(19)8-11)18(21)17-9-12(2)15-5-3-4-6-16(15)20-17/h3-10,18,21H,1-2H3. The molecule has 0 saturated heterocycles. The molecule has 0 amide bonds. The largest absolute Gasteiger partial charge is 0.382 e. The van der Waals surface area contributed by atoms with Crippen molar-refractivity contribution in [2.75, 3.05) is 0 Å². The SMILES string of the molecule is Cc1cc(F)cc(C(O)c2cc(C)c3ccccc3n2)c1. The van der Waals surface area contributed by atoms with Gasteiger partial charge >= 0.3 is 0 Å². The first-order valence-electron chi connectivity index (χ1n) is 6.86. The van der Waals surface area contributed by atoms with Crippen LogP contribution in [0.5, 0.6) is 0 Å². The molecule has 106 valence electrons. The van der Waals surface area contributed by atoms with Gasteiger partial charge in [0.1, 0.15) is 11.9 Å². The van der Waals surface area contributed by atoms with Crippen LogP contribution in [-0.2, 0) is 0 Å². The minimum atomic E-state index is -0.928. The fourth-order valence-electron chi connectivity index (χ4n) is 2.61. The number of fused-ring (bicyclic) bond motifs is 1. The van der Waals surface area contributed by atoms with Gasteiger partial charge in [-0.15, -0.1) is 0 Å². The average Bonchev–Trinajstić information content (AvgIpc) is 2.45. The highest BCUT2D eigenvalue weighted by Gasteiger charge is 2.15. The van der Waals surface area contributed by atoms with Crippen molar-refractivity contribution >= 4 is 10.9 Å². The monoisotopic (exact) mass is 281 g/mol. The summed E-state index contributed by atoms with van der Waals surface area (Å²) in [6.07, 6.45) is -0.928. The second kappa shape index (κ2) is 5.26. The van der Waals surface area contributed by atoms with Crippen LogP contribution >= 0.6 is 0 Å². The van der Waals surface area contributed by atoms with Gasteiger partial charge in [0.05, 0.1) is 11.2 Å². The Kier molecular flexibility index (Phi) is 3.43. The minimum absolute atomic E-state index is 0.346. The zero-order valence-corrected chi connectivity index (χ0v) is 12.0. The smallest absolute Gasteiger partial charge is 0.123 e. The molecular weight excluding hydrogens is 265 g/mol. The highest BCUT2D eigenvalue weighted by Crippen LogP contribution is 2.26. The number of para-hydroxylation sites is 1. The number of aryl methyl sites for hydroxylation is 2. The first-order chi connectivity index (χ1) is 10.0. The predicted molar refractivity (Wildman–Crippen MR) is 81.7 cm³/mol. The van der Waals surface area contributed by atoms with Gasteiger partial charge in [-0.3, -0.25) is 0 Å². The van der Waals surface area contributed by atoms with E-state index in [0.29, 0.717) is 11.3 Å². The molecule has 2 aromatic carbocycles. The fourth-order valence-corrected chi connectivity index (χ4v) is 2.61.